The van der Waals surface area contributed by atoms with Crippen molar-refractivity contribution in [3.63, 3.8) is 0 Å². The van der Waals surface area contributed by atoms with Crippen molar-refractivity contribution < 1.29 is 0 Å². The summed E-state index contributed by atoms with van der Waals surface area (Å²) in [6.07, 6.45) is 32.9. The van der Waals surface area contributed by atoms with Gasteiger partial charge in [-0.15, -0.1) is 0 Å². The summed E-state index contributed by atoms with van der Waals surface area (Å²) in [7, 11) is 0. The molecule has 0 saturated carbocycles. The van der Waals surface area contributed by atoms with E-state index in [4.69, 9.17) is 10.5 Å². The fraction of sp³-hybridized carbons (Fsp3) is 0.929. The topological polar surface area (TPSA) is 47.6 Å². The van der Waals surface area contributed by atoms with Crippen LogP contribution in [0.3, 0.4) is 0 Å². The summed E-state index contributed by atoms with van der Waals surface area (Å²) in [4.78, 5) is 0. The van der Waals surface area contributed by atoms with Gasteiger partial charge in [0.15, 0.2) is 0 Å². The van der Waals surface area contributed by atoms with E-state index in [0.717, 1.165) is 12.8 Å². The molecule has 0 unspecified atom stereocenters. The molecule has 0 radical (unpaired) electrons. The van der Waals surface area contributed by atoms with Crippen LogP contribution in [0.2, 0.25) is 0 Å². The van der Waals surface area contributed by atoms with E-state index in [1.165, 1.54) is 141 Å². The average Bonchev–Trinajstić information content (AvgIpc) is 2.77. The lowest BCUT2D eigenvalue weighted by Crippen LogP contribution is -1.92. The Kier molecular flexibility index (Phi) is 25.1. The van der Waals surface area contributed by atoms with E-state index in [1.54, 1.807) is 0 Å². The molecule has 0 spiro atoms. The van der Waals surface area contributed by atoms with E-state index in [0.29, 0.717) is 0 Å². The molecule has 0 atom stereocenters. The van der Waals surface area contributed by atoms with Crippen LogP contribution in [0.25, 0.3) is 0 Å². The van der Waals surface area contributed by atoms with E-state index in [2.05, 4.69) is 19.1 Å². The third kappa shape index (κ3) is 23.3. The van der Waals surface area contributed by atoms with E-state index >= 15 is 0 Å². The lowest BCUT2D eigenvalue weighted by Gasteiger charge is -2.04. The minimum atomic E-state index is -0.389. The molecule has 0 bridgehead atoms. The van der Waals surface area contributed by atoms with Crippen molar-refractivity contribution in [1.82, 2.24) is 0 Å². The zero-order valence-corrected chi connectivity index (χ0v) is 20.4. The van der Waals surface area contributed by atoms with Gasteiger partial charge in [-0.1, -0.05) is 155 Å². The maximum absolute atomic E-state index is 8.73. The standard InChI is InChI=1S/C28H52N2/c1-2-3-4-5-6-7-8-9-10-11-12-13-14-15-16-17-18-19-20-21-22-23-24-25-28(26-29)27-30/h28H,2-25H2,1H3. The Balaban J connectivity index is 3.05. The number of unbranched alkanes of at least 4 members (excludes halogenated alkanes) is 22. The van der Waals surface area contributed by atoms with Crippen molar-refractivity contribution in [1.29, 1.82) is 10.5 Å². The molecule has 0 aliphatic rings. The zero-order valence-electron chi connectivity index (χ0n) is 20.4. The fourth-order valence-electron chi connectivity index (χ4n) is 4.29. The second-order valence-corrected chi connectivity index (χ2v) is 9.38. The molecule has 0 aromatic carbocycles. The normalized spacial score (nSPS) is 10.9. The van der Waals surface area contributed by atoms with Gasteiger partial charge in [0.25, 0.3) is 0 Å². The van der Waals surface area contributed by atoms with Crippen LogP contribution >= 0.6 is 0 Å². The van der Waals surface area contributed by atoms with Crippen molar-refractivity contribution >= 4 is 0 Å². The molecule has 30 heavy (non-hydrogen) atoms. The zero-order chi connectivity index (χ0) is 22.0. The maximum atomic E-state index is 8.73. The molecule has 2 nitrogen and oxygen atoms in total. The highest BCUT2D eigenvalue weighted by atomic mass is 14.3. The SMILES string of the molecule is CCCCCCCCCCCCCCCCCCCCCCCCCC(C#N)C#N. The number of nitrogens with zero attached hydrogens (tertiary/aromatic N) is 2. The summed E-state index contributed by atoms with van der Waals surface area (Å²) >= 11 is 0. The van der Waals surface area contributed by atoms with Crippen molar-refractivity contribution in [2.45, 2.75) is 161 Å². The van der Waals surface area contributed by atoms with Crippen molar-refractivity contribution in [2.24, 2.45) is 5.92 Å². The highest BCUT2D eigenvalue weighted by Gasteiger charge is 2.03. The molecule has 174 valence electrons. The van der Waals surface area contributed by atoms with Gasteiger partial charge < -0.3 is 0 Å². The molecule has 0 fully saturated rings. The molecule has 0 heterocycles. The van der Waals surface area contributed by atoms with Crippen LogP contribution in [0.15, 0.2) is 0 Å². The largest absolute Gasteiger partial charge is 0.197 e. The lowest BCUT2D eigenvalue weighted by atomic mass is 10.0. The second kappa shape index (κ2) is 26.0. The predicted molar refractivity (Wildman–Crippen MR) is 131 cm³/mol. The number of rotatable bonds is 24. The molecule has 0 aliphatic carbocycles. The Bertz CT molecular complexity index is 390. The fourth-order valence-corrected chi connectivity index (χ4v) is 4.29. The first kappa shape index (κ1) is 29.0. The average molecular weight is 417 g/mol. The van der Waals surface area contributed by atoms with Gasteiger partial charge >= 0.3 is 0 Å². The third-order valence-corrected chi connectivity index (χ3v) is 6.41. The monoisotopic (exact) mass is 416 g/mol. The van der Waals surface area contributed by atoms with Gasteiger partial charge in [0.1, 0.15) is 5.92 Å². The van der Waals surface area contributed by atoms with Gasteiger partial charge in [-0.2, -0.15) is 10.5 Å². The van der Waals surface area contributed by atoms with Gasteiger partial charge in [0.05, 0.1) is 12.1 Å². The number of hydrogen-bond donors (Lipinski definition) is 0. The Labute approximate surface area is 189 Å². The lowest BCUT2D eigenvalue weighted by molar-refractivity contribution is 0.515. The molecule has 2 heteroatoms. The predicted octanol–water partition coefficient (Wildman–Crippen LogP) is 10.0. The molecule has 0 saturated heterocycles. The Hall–Kier alpha value is -1.02. The van der Waals surface area contributed by atoms with E-state index < -0.39 is 0 Å². The van der Waals surface area contributed by atoms with Crippen LogP contribution in [-0.2, 0) is 0 Å². The van der Waals surface area contributed by atoms with Crippen LogP contribution in [0, 0.1) is 28.6 Å². The maximum Gasteiger partial charge on any atom is 0.133 e. The van der Waals surface area contributed by atoms with Gasteiger partial charge in [0, 0.05) is 0 Å². The Morgan fingerprint density at radius 3 is 0.867 bits per heavy atom. The van der Waals surface area contributed by atoms with Crippen molar-refractivity contribution in [3.8, 4) is 12.1 Å². The number of nitriles is 2. The molecule has 0 aromatic rings. The summed E-state index contributed by atoms with van der Waals surface area (Å²) in [6.45, 7) is 2.29. The Morgan fingerprint density at radius 2 is 0.633 bits per heavy atom. The molecule has 0 aromatic heterocycles. The molecular formula is C28H52N2. The highest BCUT2D eigenvalue weighted by molar-refractivity contribution is 4.98. The smallest absolute Gasteiger partial charge is 0.133 e. The minimum absolute atomic E-state index is 0.389. The molecular weight excluding hydrogens is 364 g/mol. The first-order valence-electron chi connectivity index (χ1n) is 13.6. The van der Waals surface area contributed by atoms with Crippen LogP contribution in [-0.4, -0.2) is 0 Å². The summed E-state index contributed by atoms with van der Waals surface area (Å²) in [6, 6.07) is 4.11. The minimum Gasteiger partial charge on any atom is -0.197 e. The quantitative estimate of drug-likeness (QED) is 0.147. The van der Waals surface area contributed by atoms with Crippen LogP contribution < -0.4 is 0 Å². The Morgan fingerprint density at radius 1 is 0.400 bits per heavy atom. The first-order valence-corrected chi connectivity index (χ1v) is 13.6. The van der Waals surface area contributed by atoms with Gasteiger partial charge in [0.2, 0.25) is 0 Å². The van der Waals surface area contributed by atoms with Crippen LogP contribution in [0.4, 0.5) is 0 Å². The molecule has 0 aliphatic heterocycles. The summed E-state index contributed by atoms with van der Waals surface area (Å²) < 4.78 is 0. The van der Waals surface area contributed by atoms with Crippen LogP contribution in [0.5, 0.6) is 0 Å². The van der Waals surface area contributed by atoms with E-state index in [-0.39, 0.29) is 5.92 Å². The molecule has 0 N–H and O–H groups in total. The summed E-state index contributed by atoms with van der Waals surface area (Å²) in [5.74, 6) is -0.389. The summed E-state index contributed by atoms with van der Waals surface area (Å²) in [5, 5.41) is 17.5. The third-order valence-electron chi connectivity index (χ3n) is 6.41. The number of hydrogen-bond acceptors (Lipinski definition) is 2. The van der Waals surface area contributed by atoms with Crippen molar-refractivity contribution in [3.05, 3.63) is 0 Å². The summed E-state index contributed by atoms with van der Waals surface area (Å²) in [5.41, 5.74) is 0. The van der Waals surface area contributed by atoms with Gasteiger partial charge in [-0.3, -0.25) is 0 Å². The van der Waals surface area contributed by atoms with Gasteiger partial charge in [-0.05, 0) is 6.42 Å². The molecule has 0 amide bonds. The highest BCUT2D eigenvalue weighted by Crippen LogP contribution is 2.16. The van der Waals surface area contributed by atoms with Gasteiger partial charge in [-0.25, -0.2) is 0 Å². The molecule has 0 rings (SSSR count). The second-order valence-electron chi connectivity index (χ2n) is 9.38. The van der Waals surface area contributed by atoms with Crippen molar-refractivity contribution in [2.75, 3.05) is 0 Å². The first-order chi connectivity index (χ1) is 14.8. The van der Waals surface area contributed by atoms with E-state index in [9.17, 15) is 0 Å². The van der Waals surface area contributed by atoms with Crippen LogP contribution in [0.1, 0.15) is 161 Å². The van der Waals surface area contributed by atoms with E-state index in [1.807, 2.05) is 0 Å².